The molecule has 134 valence electrons. The van der Waals surface area contributed by atoms with Gasteiger partial charge in [0.1, 0.15) is 12.2 Å². The van der Waals surface area contributed by atoms with Crippen molar-refractivity contribution in [3.8, 4) is 0 Å². The molecular weight excluding hydrogens is 312 g/mol. The maximum Gasteiger partial charge on any atom is 0.338 e. The number of carbonyl (C=O) groups is 1. The lowest BCUT2D eigenvalue weighted by Gasteiger charge is -2.34. The topological polar surface area (TPSA) is 63.2 Å². The monoisotopic (exact) mass is 338 g/mol. The summed E-state index contributed by atoms with van der Waals surface area (Å²) >= 11 is 0. The van der Waals surface area contributed by atoms with Crippen LogP contribution < -0.4 is 0 Å². The third-order valence-electron chi connectivity index (χ3n) is 6.27. The summed E-state index contributed by atoms with van der Waals surface area (Å²) in [5.74, 6) is -1.34. The van der Waals surface area contributed by atoms with Crippen molar-refractivity contribution in [2.75, 3.05) is 6.61 Å². The highest BCUT2D eigenvalue weighted by Crippen LogP contribution is 2.47. The average molecular weight is 338 g/mol. The molecule has 0 bridgehead atoms. The number of ether oxygens (including phenoxy) is 5. The average Bonchev–Trinajstić information content (AvgIpc) is 3.24. The van der Waals surface area contributed by atoms with Crippen LogP contribution in [0, 0.1) is 0 Å². The highest BCUT2D eigenvalue weighted by atomic mass is 16.8. The molecule has 3 aliphatic heterocycles. The first-order valence-electron chi connectivity index (χ1n) is 9.57. The molecule has 3 saturated heterocycles. The predicted molar refractivity (Wildman–Crippen MR) is 82.1 cm³/mol. The van der Waals surface area contributed by atoms with Gasteiger partial charge in [0.05, 0.1) is 6.61 Å². The van der Waals surface area contributed by atoms with Crippen LogP contribution in [0.5, 0.6) is 0 Å². The minimum atomic E-state index is -0.598. The Morgan fingerprint density at radius 2 is 1.42 bits per heavy atom. The Kier molecular flexibility index (Phi) is 3.67. The molecular formula is C18H26O6. The van der Waals surface area contributed by atoms with Crippen molar-refractivity contribution >= 4 is 5.97 Å². The minimum Gasteiger partial charge on any atom is -0.455 e. The molecule has 5 aliphatic rings. The van der Waals surface area contributed by atoms with E-state index in [0.29, 0.717) is 6.61 Å². The Labute approximate surface area is 142 Å². The van der Waals surface area contributed by atoms with E-state index in [2.05, 4.69) is 0 Å². The summed E-state index contributed by atoms with van der Waals surface area (Å²) in [5, 5.41) is 0. The molecule has 1 unspecified atom stereocenters. The number of rotatable bonds is 1. The van der Waals surface area contributed by atoms with Gasteiger partial charge in [0, 0.05) is 25.7 Å². The van der Waals surface area contributed by atoms with E-state index in [4.69, 9.17) is 23.7 Å². The van der Waals surface area contributed by atoms with Crippen molar-refractivity contribution in [1.82, 2.24) is 0 Å². The Hall–Kier alpha value is -0.690. The molecule has 2 aliphatic carbocycles. The van der Waals surface area contributed by atoms with Crippen molar-refractivity contribution in [2.45, 2.75) is 100 Å². The van der Waals surface area contributed by atoms with Crippen molar-refractivity contribution < 1.29 is 28.5 Å². The van der Waals surface area contributed by atoms with E-state index >= 15 is 0 Å². The molecule has 5 fully saturated rings. The van der Waals surface area contributed by atoms with E-state index in [-0.39, 0.29) is 18.2 Å². The second-order valence-corrected chi connectivity index (χ2v) is 7.93. The Balaban J connectivity index is 1.31. The first kappa shape index (κ1) is 15.6. The van der Waals surface area contributed by atoms with Crippen molar-refractivity contribution in [1.29, 1.82) is 0 Å². The van der Waals surface area contributed by atoms with Gasteiger partial charge in [-0.1, -0.05) is 12.8 Å². The van der Waals surface area contributed by atoms with Gasteiger partial charge in [-0.3, -0.25) is 0 Å². The lowest BCUT2D eigenvalue weighted by Crippen LogP contribution is -2.43. The second-order valence-electron chi connectivity index (χ2n) is 7.93. The number of carbonyl (C=O) groups excluding carboxylic acids is 1. The van der Waals surface area contributed by atoms with E-state index < -0.39 is 23.8 Å². The second kappa shape index (κ2) is 5.66. The normalized spacial score (nSPS) is 43.2. The predicted octanol–water partition coefficient (Wildman–Crippen LogP) is 2.43. The van der Waals surface area contributed by atoms with E-state index in [1.54, 1.807) is 0 Å². The highest BCUT2D eigenvalue weighted by molar-refractivity contribution is 5.78. The molecule has 0 aromatic carbocycles. The van der Waals surface area contributed by atoms with Gasteiger partial charge in [0.2, 0.25) is 0 Å². The zero-order chi connectivity index (χ0) is 16.2. The maximum atomic E-state index is 12.3. The SMILES string of the molecule is O=C1O[C@@H](C2COC3(CCCCC3)O2)[C@@H]2OC3(CCCCC3)O[C@H]12. The molecule has 0 amide bonds. The molecule has 5 rings (SSSR count). The van der Waals surface area contributed by atoms with E-state index in [1.807, 2.05) is 0 Å². The smallest absolute Gasteiger partial charge is 0.338 e. The zero-order valence-corrected chi connectivity index (χ0v) is 14.0. The van der Waals surface area contributed by atoms with Gasteiger partial charge in [0.15, 0.2) is 23.8 Å². The summed E-state index contributed by atoms with van der Waals surface area (Å²) < 4.78 is 30.2. The van der Waals surface area contributed by atoms with Crippen molar-refractivity contribution in [3.63, 3.8) is 0 Å². The van der Waals surface area contributed by atoms with Gasteiger partial charge in [-0.25, -0.2) is 4.79 Å². The van der Waals surface area contributed by atoms with Crippen LogP contribution in [-0.2, 0) is 28.5 Å². The quantitative estimate of drug-likeness (QED) is 0.684. The van der Waals surface area contributed by atoms with E-state index in [0.717, 1.165) is 51.4 Å². The van der Waals surface area contributed by atoms with Gasteiger partial charge in [0.25, 0.3) is 0 Å². The Bertz CT molecular complexity index is 508. The van der Waals surface area contributed by atoms with Crippen molar-refractivity contribution in [3.05, 3.63) is 0 Å². The van der Waals surface area contributed by atoms with Crippen LogP contribution in [0.4, 0.5) is 0 Å². The standard InChI is InChI=1S/C18H26O6/c19-16-15-14(23-18(24-15)9-5-2-6-10-18)13(21-16)12-11-20-17(22-12)7-3-1-4-8-17/h12-15H,1-11H2/t12?,13-,14-,15-/m0/s1. The van der Waals surface area contributed by atoms with Crippen LogP contribution >= 0.6 is 0 Å². The number of hydrogen-bond donors (Lipinski definition) is 0. The van der Waals surface area contributed by atoms with Gasteiger partial charge < -0.3 is 23.7 Å². The highest BCUT2D eigenvalue weighted by Gasteiger charge is 2.62. The fourth-order valence-electron chi connectivity index (χ4n) is 5.03. The molecule has 2 saturated carbocycles. The summed E-state index contributed by atoms with van der Waals surface area (Å²) in [6.45, 7) is 0.470. The lowest BCUT2D eigenvalue weighted by molar-refractivity contribution is -0.230. The third kappa shape index (κ3) is 2.42. The van der Waals surface area contributed by atoms with Gasteiger partial charge >= 0.3 is 5.97 Å². The fraction of sp³-hybridized carbons (Fsp3) is 0.944. The molecule has 4 atom stereocenters. The van der Waals surface area contributed by atoms with Crippen LogP contribution in [0.15, 0.2) is 0 Å². The van der Waals surface area contributed by atoms with Crippen LogP contribution in [-0.4, -0.2) is 48.6 Å². The molecule has 0 aromatic heterocycles. The van der Waals surface area contributed by atoms with Crippen LogP contribution in [0.2, 0.25) is 0 Å². The number of cyclic esters (lactones) is 1. The molecule has 6 nitrogen and oxygen atoms in total. The number of hydrogen-bond acceptors (Lipinski definition) is 6. The molecule has 0 N–H and O–H groups in total. The largest absolute Gasteiger partial charge is 0.455 e. The number of esters is 1. The first-order valence-corrected chi connectivity index (χ1v) is 9.57. The maximum absolute atomic E-state index is 12.3. The Morgan fingerprint density at radius 3 is 2.12 bits per heavy atom. The summed E-state index contributed by atoms with van der Waals surface area (Å²) in [4.78, 5) is 12.3. The van der Waals surface area contributed by atoms with Gasteiger partial charge in [-0.2, -0.15) is 0 Å². The third-order valence-corrected chi connectivity index (χ3v) is 6.27. The van der Waals surface area contributed by atoms with E-state index in [9.17, 15) is 4.79 Å². The molecule has 24 heavy (non-hydrogen) atoms. The summed E-state index contributed by atoms with van der Waals surface area (Å²) in [6.07, 6.45) is 8.87. The molecule has 3 heterocycles. The summed E-state index contributed by atoms with van der Waals surface area (Å²) in [7, 11) is 0. The van der Waals surface area contributed by atoms with Gasteiger partial charge in [-0.15, -0.1) is 0 Å². The first-order chi connectivity index (χ1) is 11.7. The molecule has 2 spiro atoms. The molecule has 0 aromatic rings. The molecule has 0 radical (unpaired) electrons. The van der Waals surface area contributed by atoms with Crippen LogP contribution in [0.3, 0.4) is 0 Å². The Morgan fingerprint density at radius 1 is 0.750 bits per heavy atom. The van der Waals surface area contributed by atoms with Crippen LogP contribution in [0.25, 0.3) is 0 Å². The molecule has 6 heteroatoms. The summed E-state index contributed by atoms with van der Waals surface area (Å²) in [6, 6.07) is 0. The number of fused-ring (bicyclic) bond motifs is 1. The fourth-order valence-corrected chi connectivity index (χ4v) is 5.03. The lowest BCUT2D eigenvalue weighted by atomic mass is 9.94. The van der Waals surface area contributed by atoms with Gasteiger partial charge in [-0.05, 0) is 25.7 Å². The minimum absolute atomic E-state index is 0.246. The van der Waals surface area contributed by atoms with Crippen LogP contribution in [0.1, 0.15) is 64.2 Å². The van der Waals surface area contributed by atoms with E-state index in [1.165, 1.54) is 12.8 Å². The zero-order valence-electron chi connectivity index (χ0n) is 14.0. The van der Waals surface area contributed by atoms with Crippen molar-refractivity contribution in [2.24, 2.45) is 0 Å². The summed E-state index contributed by atoms with van der Waals surface area (Å²) in [5.41, 5.74) is 0.